The number of carbonyl (C=O) groups is 2. The summed E-state index contributed by atoms with van der Waals surface area (Å²) in [6.07, 6.45) is 1.47. The van der Waals surface area contributed by atoms with Crippen LogP contribution < -0.4 is 4.74 Å². The minimum atomic E-state index is -0.976. The molecule has 0 radical (unpaired) electrons. The summed E-state index contributed by atoms with van der Waals surface area (Å²) in [6.45, 7) is 0.512. The summed E-state index contributed by atoms with van der Waals surface area (Å²) in [4.78, 5) is 25.0. The first-order chi connectivity index (χ1) is 14.5. The summed E-state index contributed by atoms with van der Waals surface area (Å²) in [6, 6.07) is 17.3. The van der Waals surface area contributed by atoms with E-state index < -0.39 is 5.97 Å². The first kappa shape index (κ1) is 20.2. The number of benzene rings is 2. The van der Waals surface area contributed by atoms with E-state index in [0.29, 0.717) is 32.9 Å². The number of furan rings is 1. The van der Waals surface area contributed by atoms with Crippen molar-refractivity contribution in [1.29, 1.82) is 0 Å². The van der Waals surface area contributed by atoms with Gasteiger partial charge in [-0.15, -0.1) is 0 Å². The van der Waals surface area contributed by atoms with E-state index in [0.717, 1.165) is 22.7 Å². The molecule has 0 saturated carbocycles. The van der Waals surface area contributed by atoms with E-state index in [1.165, 1.54) is 4.90 Å². The SMILES string of the molecule is O=C(O)CCN1C(=O)C(=Cc2cc3ccc(OCc4ccccc4)cc3o2)SC1=S. The summed E-state index contributed by atoms with van der Waals surface area (Å²) < 4.78 is 12.0. The third kappa shape index (κ3) is 4.55. The molecular weight excluding hydrogens is 422 g/mol. The molecule has 1 aromatic heterocycles. The second-order valence-corrected chi connectivity index (χ2v) is 8.28. The maximum absolute atomic E-state index is 12.5. The van der Waals surface area contributed by atoms with Crippen molar-refractivity contribution in [2.75, 3.05) is 6.54 Å². The van der Waals surface area contributed by atoms with Crippen molar-refractivity contribution >= 4 is 57.2 Å². The number of thiocarbonyl (C=S) groups is 1. The molecule has 8 heteroatoms. The fraction of sp³-hybridized carbons (Fsp3) is 0.136. The Hall–Kier alpha value is -3.10. The Bertz CT molecular complexity index is 1150. The van der Waals surface area contributed by atoms with Crippen molar-refractivity contribution in [2.45, 2.75) is 13.0 Å². The molecule has 1 fully saturated rings. The van der Waals surface area contributed by atoms with Gasteiger partial charge in [-0.25, -0.2) is 0 Å². The van der Waals surface area contributed by atoms with Gasteiger partial charge in [0.05, 0.1) is 11.3 Å². The van der Waals surface area contributed by atoms with E-state index in [9.17, 15) is 9.59 Å². The molecule has 1 N–H and O–H groups in total. The molecule has 30 heavy (non-hydrogen) atoms. The van der Waals surface area contributed by atoms with Gasteiger partial charge in [0.1, 0.15) is 28.0 Å². The van der Waals surface area contributed by atoms with Crippen LogP contribution in [0.15, 0.2) is 63.9 Å². The molecule has 1 amide bonds. The lowest BCUT2D eigenvalue weighted by Crippen LogP contribution is -2.30. The molecule has 0 spiro atoms. The van der Waals surface area contributed by atoms with E-state index in [2.05, 4.69) is 0 Å². The van der Waals surface area contributed by atoms with Crippen LogP contribution in [0.4, 0.5) is 0 Å². The van der Waals surface area contributed by atoms with Crippen LogP contribution in [0, 0.1) is 0 Å². The largest absolute Gasteiger partial charge is 0.489 e. The number of thioether (sulfide) groups is 1. The van der Waals surface area contributed by atoms with Gasteiger partial charge in [0.25, 0.3) is 5.91 Å². The normalized spacial score (nSPS) is 15.3. The highest BCUT2D eigenvalue weighted by Gasteiger charge is 2.32. The average molecular weight is 440 g/mol. The van der Waals surface area contributed by atoms with E-state index >= 15 is 0 Å². The van der Waals surface area contributed by atoms with Crippen molar-refractivity contribution in [3.8, 4) is 5.75 Å². The molecule has 0 atom stereocenters. The quantitative estimate of drug-likeness (QED) is 0.423. The van der Waals surface area contributed by atoms with Crippen molar-refractivity contribution in [1.82, 2.24) is 4.90 Å². The van der Waals surface area contributed by atoms with Crippen molar-refractivity contribution < 1.29 is 23.8 Å². The molecule has 2 heterocycles. The molecular formula is C22H17NO5S2. The molecule has 152 valence electrons. The minimum Gasteiger partial charge on any atom is -0.489 e. The first-order valence-electron chi connectivity index (χ1n) is 9.17. The minimum absolute atomic E-state index is 0.0551. The molecule has 1 aliphatic heterocycles. The highest BCUT2D eigenvalue weighted by molar-refractivity contribution is 8.26. The predicted octanol–water partition coefficient (Wildman–Crippen LogP) is 4.69. The van der Waals surface area contributed by atoms with Gasteiger partial charge >= 0.3 is 5.97 Å². The Morgan fingerprint density at radius 2 is 2.00 bits per heavy atom. The first-order valence-corrected chi connectivity index (χ1v) is 10.4. The molecule has 4 rings (SSSR count). The Morgan fingerprint density at radius 3 is 2.77 bits per heavy atom. The Kier molecular flexibility index (Phi) is 5.87. The number of ether oxygens (including phenoxy) is 1. The lowest BCUT2D eigenvalue weighted by Gasteiger charge is -2.12. The number of hydrogen-bond donors (Lipinski definition) is 1. The van der Waals surface area contributed by atoms with Gasteiger partial charge in [-0.05, 0) is 23.8 Å². The van der Waals surface area contributed by atoms with Gasteiger partial charge in [-0.3, -0.25) is 14.5 Å². The number of amides is 1. The van der Waals surface area contributed by atoms with Crippen LogP contribution in [-0.2, 0) is 16.2 Å². The predicted molar refractivity (Wildman–Crippen MR) is 119 cm³/mol. The average Bonchev–Trinajstić information content (AvgIpc) is 3.25. The van der Waals surface area contributed by atoms with Gasteiger partial charge in [-0.1, -0.05) is 54.3 Å². The number of hydrogen-bond acceptors (Lipinski definition) is 6. The molecule has 0 bridgehead atoms. The van der Waals surface area contributed by atoms with Gasteiger partial charge in [0.2, 0.25) is 0 Å². The van der Waals surface area contributed by atoms with Crippen LogP contribution in [0.5, 0.6) is 5.75 Å². The standard InChI is InChI=1S/C22H17NO5S2/c24-20(25)8-9-23-21(26)19(30-22(23)29)12-17-10-15-6-7-16(11-18(15)28-17)27-13-14-4-2-1-3-5-14/h1-7,10-12H,8-9,13H2,(H,24,25). The summed E-state index contributed by atoms with van der Waals surface area (Å²) >= 11 is 6.34. The third-order valence-corrected chi connectivity index (χ3v) is 5.83. The molecule has 6 nitrogen and oxygen atoms in total. The summed E-state index contributed by atoms with van der Waals surface area (Å²) in [5.74, 6) is -0.0783. The van der Waals surface area contributed by atoms with Gasteiger partial charge < -0.3 is 14.3 Å². The summed E-state index contributed by atoms with van der Waals surface area (Å²) in [5.41, 5.74) is 1.72. The third-order valence-electron chi connectivity index (χ3n) is 4.46. The molecule has 0 aliphatic carbocycles. The molecule has 3 aromatic rings. The van der Waals surface area contributed by atoms with E-state index in [1.54, 1.807) is 6.08 Å². The van der Waals surface area contributed by atoms with Gasteiger partial charge in [0.15, 0.2) is 0 Å². The number of carbonyl (C=O) groups excluding carboxylic acids is 1. The second kappa shape index (κ2) is 8.73. The van der Waals surface area contributed by atoms with Crippen molar-refractivity contribution in [3.05, 3.63) is 70.8 Å². The van der Waals surface area contributed by atoms with Crippen LogP contribution >= 0.6 is 24.0 Å². The van der Waals surface area contributed by atoms with Gasteiger partial charge in [0, 0.05) is 24.1 Å². The molecule has 1 saturated heterocycles. The number of nitrogens with zero attached hydrogens (tertiary/aromatic N) is 1. The number of aliphatic carboxylic acids is 1. The lowest BCUT2D eigenvalue weighted by atomic mass is 10.2. The zero-order valence-electron chi connectivity index (χ0n) is 15.7. The zero-order chi connectivity index (χ0) is 21.1. The topological polar surface area (TPSA) is 80.0 Å². The highest BCUT2D eigenvalue weighted by atomic mass is 32.2. The molecule has 2 aromatic carbocycles. The van der Waals surface area contributed by atoms with Crippen LogP contribution in [0.1, 0.15) is 17.7 Å². The van der Waals surface area contributed by atoms with Crippen molar-refractivity contribution in [3.63, 3.8) is 0 Å². The van der Waals surface area contributed by atoms with E-state index in [1.807, 2.05) is 54.6 Å². The maximum atomic E-state index is 12.5. The fourth-order valence-electron chi connectivity index (χ4n) is 2.96. The van der Waals surface area contributed by atoms with Crippen LogP contribution in [0.25, 0.3) is 17.0 Å². The second-order valence-electron chi connectivity index (χ2n) is 6.60. The zero-order valence-corrected chi connectivity index (χ0v) is 17.4. The van der Waals surface area contributed by atoms with Crippen molar-refractivity contribution in [2.24, 2.45) is 0 Å². The molecule has 1 aliphatic rings. The van der Waals surface area contributed by atoms with Crippen LogP contribution in [-0.4, -0.2) is 32.7 Å². The smallest absolute Gasteiger partial charge is 0.305 e. The number of fused-ring (bicyclic) bond motifs is 1. The Labute approximate surface area is 182 Å². The molecule has 0 unspecified atom stereocenters. The fourth-order valence-corrected chi connectivity index (χ4v) is 4.25. The maximum Gasteiger partial charge on any atom is 0.305 e. The Balaban J connectivity index is 1.49. The Morgan fingerprint density at radius 1 is 1.20 bits per heavy atom. The van der Waals surface area contributed by atoms with E-state index in [4.69, 9.17) is 26.5 Å². The monoisotopic (exact) mass is 439 g/mol. The summed E-state index contributed by atoms with van der Waals surface area (Å²) in [7, 11) is 0. The highest BCUT2D eigenvalue weighted by Crippen LogP contribution is 2.34. The summed E-state index contributed by atoms with van der Waals surface area (Å²) in [5, 5.41) is 9.71. The van der Waals surface area contributed by atoms with E-state index in [-0.39, 0.29) is 18.9 Å². The number of carboxylic acids is 1. The van der Waals surface area contributed by atoms with Crippen LogP contribution in [0.2, 0.25) is 0 Å². The van der Waals surface area contributed by atoms with Crippen LogP contribution in [0.3, 0.4) is 0 Å². The number of rotatable bonds is 7. The lowest BCUT2D eigenvalue weighted by molar-refractivity contribution is -0.137. The van der Waals surface area contributed by atoms with Gasteiger partial charge in [-0.2, -0.15) is 0 Å². The number of carboxylic acid groups (broad SMARTS) is 1.